The van der Waals surface area contributed by atoms with Crippen LogP contribution in [0.3, 0.4) is 0 Å². The minimum Gasteiger partial charge on any atom is -0.503 e. The molecule has 0 unspecified atom stereocenters. The lowest BCUT2D eigenvalue weighted by Crippen LogP contribution is -2.06. The van der Waals surface area contributed by atoms with Crippen LogP contribution >= 0.6 is 0 Å². The molecule has 1 aliphatic carbocycles. The molecule has 1 heterocycles. The third kappa shape index (κ3) is 1.80. The molecule has 0 radical (unpaired) electrons. The van der Waals surface area contributed by atoms with Gasteiger partial charge in [-0.25, -0.2) is 0 Å². The lowest BCUT2D eigenvalue weighted by molar-refractivity contribution is 0.465. The Morgan fingerprint density at radius 2 is 2.29 bits per heavy atom. The lowest BCUT2D eigenvalue weighted by atomic mass is 9.96. The first-order valence-electron chi connectivity index (χ1n) is 4.54. The van der Waals surface area contributed by atoms with Crippen LogP contribution in [0.25, 0.3) is 0 Å². The molecule has 2 rings (SSSR count). The van der Waals surface area contributed by atoms with Gasteiger partial charge in [-0.2, -0.15) is 0 Å². The molecule has 0 amide bonds. The molecule has 72 valence electrons. The molecule has 0 bridgehead atoms. The van der Waals surface area contributed by atoms with Crippen molar-refractivity contribution < 1.29 is 5.11 Å². The molecular weight excluding hydrogens is 178 g/mol. The predicted molar refractivity (Wildman–Crippen MR) is 52.9 cm³/mol. The summed E-state index contributed by atoms with van der Waals surface area (Å²) in [6.45, 7) is 2.05. The van der Waals surface area contributed by atoms with E-state index >= 15 is 0 Å². The third-order valence-corrected chi connectivity index (χ3v) is 2.41. The fourth-order valence-electron chi connectivity index (χ4n) is 1.29. The number of H-pyrrole nitrogens is 1. The summed E-state index contributed by atoms with van der Waals surface area (Å²) in [5, 5.41) is 9.17. The second kappa shape index (κ2) is 2.91. The molecule has 2 N–H and O–H groups in total. The van der Waals surface area contributed by atoms with E-state index < -0.39 is 5.56 Å². The molecule has 0 aromatic carbocycles. The number of aromatic hydroxyl groups is 1. The van der Waals surface area contributed by atoms with E-state index in [4.69, 9.17) is 0 Å². The number of hydrogen-bond acceptors (Lipinski definition) is 2. The zero-order chi connectivity index (χ0) is 10.2. The summed E-state index contributed by atoms with van der Waals surface area (Å²) < 4.78 is 0. The summed E-state index contributed by atoms with van der Waals surface area (Å²) in [5.74, 6) is 5.83. The predicted octanol–water partition coefficient (Wildman–Crippen LogP) is 1.04. The fraction of sp³-hybridized carbons (Fsp3) is 0.364. The van der Waals surface area contributed by atoms with E-state index in [1.54, 1.807) is 6.20 Å². The Labute approximate surface area is 81.8 Å². The Balaban J connectivity index is 2.03. The number of aromatic nitrogens is 1. The molecule has 0 saturated heterocycles. The summed E-state index contributed by atoms with van der Waals surface area (Å²) in [7, 11) is 0. The van der Waals surface area contributed by atoms with Gasteiger partial charge in [0.1, 0.15) is 0 Å². The van der Waals surface area contributed by atoms with Crippen molar-refractivity contribution in [2.45, 2.75) is 19.8 Å². The van der Waals surface area contributed by atoms with Gasteiger partial charge in [0.15, 0.2) is 5.75 Å². The van der Waals surface area contributed by atoms with Crippen LogP contribution in [0.2, 0.25) is 0 Å². The minimum absolute atomic E-state index is 0.0196. The van der Waals surface area contributed by atoms with Crippen molar-refractivity contribution in [2.75, 3.05) is 0 Å². The van der Waals surface area contributed by atoms with Gasteiger partial charge in [-0.1, -0.05) is 11.8 Å². The largest absolute Gasteiger partial charge is 0.503 e. The summed E-state index contributed by atoms with van der Waals surface area (Å²) in [5.41, 5.74) is 0.507. The van der Waals surface area contributed by atoms with E-state index in [1.165, 1.54) is 6.07 Å². The Morgan fingerprint density at radius 3 is 2.86 bits per heavy atom. The van der Waals surface area contributed by atoms with Crippen LogP contribution in [0.1, 0.15) is 18.9 Å². The fourth-order valence-corrected chi connectivity index (χ4v) is 1.29. The van der Waals surface area contributed by atoms with Crippen molar-refractivity contribution in [3.8, 4) is 17.6 Å². The second-order valence-electron chi connectivity index (χ2n) is 3.80. The topological polar surface area (TPSA) is 53.1 Å². The quantitative estimate of drug-likeness (QED) is 0.698. The number of hydrogen-bond donors (Lipinski definition) is 2. The van der Waals surface area contributed by atoms with Crippen LogP contribution in [-0.2, 0) is 6.42 Å². The van der Waals surface area contributed by atoms with Gasteiger partial charge in [0, 0.05) is 6.20 Å². The number of rotatable bonds is 3. The maximum absolute atomic E-state index is 10.9. The number of nitrogens with one attached hydrogen (secondary N) is 1. The average Bonchev–Trinajstić information content (AvgIpc) is 2.87. The van der Waals surface area contributed by atoms with Crippen LogP contribution < -0.4 is 5.56 Å². The second-order valence-corrected chi connectivity index (χ2v) is 3.80. The maximum atomic E-state index is 10.9. The molecule has 1 aromatic rings. The van der Waals surface area contributed by atoms with Gasteiger partial charge < -0.3 is 10.1 Å². The highest BCUT2D eigenvalue weighted by Crippen LogP contribution is 2.30. The average molecular weight is 189 g/mol. The summed E-state index contributed by atoms with van der Waals surface area (Å²) >= 11 is 0. The van der Waals surface area contributed by atoms with E-state index in [0.29, 0.717) is 0 Å². The van der Waals surface area contributed by atoms with E-state index in [1.807, 2.05) is 0 Å². The molecule has 0 atom stereocenters. The Kier molecular flexibility index (Phi) is 1.85. The molecule has 3 nitrogen and oxygen atoms in total. The van der Waals surface area contributed by atoms with Gasteiger partial charge in [0.25, 0.3) is 5.56 Å². The smallest absolute Gasteiger partial charge is 0.290 e. The van der Waals surface area contributed by atoms with E-state index in [2.05, 4.69) is 23.7 Å². The van der Waals surface area contributed by atoms with E-state index in [9.17, 15) is 9.90 Å². The first kappa shape index (κ1) is 8.89. The molecule has 0 fully saturated rings. The molecule has 1 aromatic heterocycles. The zero-order valence-electron chi connectivity index (χ0n) is 7.92. The van der Waals surface area contributed by atoms with Crippen LogP contribution in [0.4, 0.5) is 0 Å². The van der Waals surface area contributed by atoms with Crippen molar-refractivity contribution >= 4 is 0 Å². The van der Waals surface area contributed by atoms with E-state index in [-0.39, 0.29) is 11.2 Å². The van der Waals surface area contributed by atoms with E-state index in [0.717, 1.165) is 18.4 Å². The van der Waals surface area contributed by atoms with Gasteiger partial charge in [0.2, 0.25) is 0 Å². The van der Waals surface area contributed by atoms with Gasteiger partial charge in [-0.15, -0.1) is 0 Å². The highest BCUT2D eigenvalue weighted by Gasteiger charge is 2.26. The molecule has 14 heavy (non-hydrogen) atoms. The molecule has 0 aliphatic heterocycles. The van der Waals surface area contributed by atoms with Gasteiger partial charge in [-0.3, -0.25) is 4.79 Å². The van der Waals surface area contributed by atoms with Crippen LogP contribution in [0.15, 0.2) is 17.1 Å². The van der Waals surface area contributed by atoms with Gasteiger partial charge >= 0.3 is 0 Å². The van der Waals surface area contributed by atoms with Crippen molar-refractivity contribution in [3.63, 3.8) is 0 Å². The molecule has 0 spiro atoms. The van der Waals surface area contributed by atoms with Crippen molar-refractivity contribution in [2.24, 2.45) is 5.41 Å². The minimum atomic E-state index is -0.442. The maximum Gasteiger partial charge on any atom is 0.290 e. The molecule has 3 heteroatoms. The molecular formula is C11H11NO2. The monoisotopic (exact) mass is 189 g/mol. The van der Waals surface area contributed by atoms with Gasteiger partial charge in [-0.05, 0) is 31.4 Å². The van der Waals surface area contributed by atoms with Crippen LogP contribution in [0, 0.1) is 17.3 Å². The first-order valence-corrected chi connectivity index (χ1v) is 4.54. The Bertz CT molecular complexity index is 468. The Hall–Kier alpha value is -1.69. The molecule has 0 saturated carbocycles. The summed E-state index contributed by atoms with van der Waals surface area (Å²) in [6, 6.07) is 1.50. The third-order valence-electron chi connectivity index (χ3n) is 2.41. The van der Waals surface area contributed by atoms with Crippen molar-refractivity contribution in [3.05, 3.63) is 28.2 Å². The standard InChI is InChI=1S/C11H11NO2/c1-11(4-5-11)3-2-8-6-9(13)10(14)12-7-8/h6-7,13H,2-3H2,1H3,(H,12,14). The number of aromatic amines is 1. The zero-order valence-corrected chi connectivity index (χ0v) is 7.92. The van der Waals surface area contributed by atoms with Gasteiger partial charge in [0.05, 0.1) is 5.41 Å². The SMILES string of the molecule is CC1(CCc2c[nH]c(=O)c(O)c2)C#C1. The molecule has 1 aliphatic rings. The van der Waals surface area contributed by atoms with Crippen LogP contribution in [0.5, 0.6) is 5.75 Å². The summed E-state index contributed by atoms with van der Waals surface area (Å²) in [4.78, 5) is 13.3. The number of pyridine rings is 1. The van der Waals surface area contributed by atoms with Crippen molar-refractivity contribution in [1.82, 2.24) is 4.98 Å². The first-order chi connectivity index (χ1) is 6.59. The van der Waals surface area contributed by atoms with Crippen molar-refractivity contribution in [1.29, 1.82) is 0 Å². The summed E-state index contributed by atoms with van der Waals surface area (Å²) in [6.07, 6.45) is 3.35. The lowest BCUT2D eigenvalue weighted by Gasteiger charge is -2.06. The normalized spacial score (nSPS) is 15.8. The highest BCUT2D eigenvalue weighted by molar-refractivity contribution is 5.39. The highest BCUT2D eigenvalue weighted by atomic mass is 16.3. The van der Waals surface area contributed by atoms with Crippen LogP contribution in [-0.4, -0.2) is 10.1 Å². The number of aryl methyl sites for hydroxylation is 1. The Morgan fingerprint density at radius 1 is 1.57 bits per heavy atom.